The molecule has 0 unspecified atom stereocenters. The molecule has 2 amide bonds. The maximum absolute atomic E-state index is 12.8. The van der Waals surface area contributed by atoms with Crippen molar-refractivity contribution in [2.75, 3.05) is 5.32 Å². The van der Waals surface area contributed by atoms with Crippen LogP contribution in [-0.2, 0) is 9.59 Å². The SMILES string of the molecule is O=C(O)C[C@H](NC(=O)Nc1ccc(F)cc1Br)C(=O)O. The number of carboxylic acid groups (broad SMARTS) is 2. The van der Waals surface area contributed by atoms with Gasteiger partial charge in [-0.25, -0.2) is 14.0 Å². The van der Waals surface area contributed by atoms with Gasteiger partial charge in [0.15, 0.2) is 0 Å². The molecule has 0 aliphatic rings. The Morgan fingerprint density at radius 1 is 1.30 bits per heavy atom. The lowest BCUT2D eigenvalue weighted by atomic mass is 10.2. The predicted octanol–water partition coefficient (Wildman–Crippen LogP) is 1.64. The van der Waals surface area contributed by atoms with Crippen LogP contribution < -0.4 is 10.6 Å². The molecule has 1 aromatic rings. The Balaban J connectivity index is 2.70. The fourth-order valence-corrected chi connectivity index (χ4v) is 1.73. The Morgan fingerprint density at radius 2 is 1.95 bits per heavy atom. The number of anilines is 1. The number of nitrogens with one attached hydrogen (secondary N) is 2. The Bertz CT molecular complexity index is 552. The monoisotopic (exact) mass is 348 g/mol. The molecule has 4 N–H and O–H groups in total. The van der Waals surface area contributed by atoms with Crippen molar-refractivity contribution in [3.8, 4) is 0 Å². The van der Waals surface area contributed by atoms with Crippen LogP contribution in [0.3, 0.4) is 0 Å². The molecule has 108 valence electrons. The van der Waals surface area contributed by atoms with Crippen molar-refractivity contribution in [1.82, 2.24) is 5.32 Å². The van der Waals surface area contributed by atoms with Crippen molar-refractivity contribution in [3.05, 3.63) is 28.5 Å². The van der Waals surface area contributed by atoms with Crippen LogP contribution in [0.5, 0.6) is 0 Å². The van der Waals surface area contributed by atoms with Crippen LogP contribution in [0.25, 0.3) is 0 Å². The molecule has 0 bridgehead atoms. The molecule has 0 aliphatic heterocycles. The first-order valence-electron chi connectivity index (χ1n) is 5.26. The quantitative estimate of drug-likeness (QED) is 0.645. The number of urea groups is 1. The number of rotatable bonds is 5. The summed E-state index contributed by atoms with van der Waals surface area (Å²) < 4.78 is 13.1. The molecule has 0 radical (unpaired) electrons. The molecule has 7 nitrogen and oxygen atoms in total. The van der Waals surface area contributed by atoms with E-state index in [0.29, 0.717) is 0 Å². The number of aliphatic carboxylic acids is 2. The molecular weight excluding hydrogens is 339 g/mol. The van der Waals surface area contributed by atoms with E-state index in [1.807, 2.05) is 5.32 Å². The van der Waals surface area contributed by atoms with Gasteiger partial charge in [0, 0.05) is 4.47 Å². The molecule has 1 atom stereocenters. The summed E-state index contributed by atoms with van der Waals surface area (Å²) in [5, 5.41) is 21.6. The number of hydrogen-bond acceptors (Lipinski definition) is 3. The third kappa shape index (κ3) is 4.84. The van der Waals surface area contributed by atoms with Gasteiger partial charge >= 0.3 is 18.0 Å². The molecule has 0 aromatic heterocycles. The summed E-state index contributed by atoms with van der Waals surface area (Å²) in [6, 6.07) is 1.01. The predicted molar refractivity (Wildman–Crippen MR) is 69.9 cm³/mol. The summed E-state index contributed by atoms with van der Waals surface area (Å²) in [6.45, 7) is 0. The van der Waals surface area contributed by atoms with Crippen LogP contribution in [0.15, 0.2) is 22.7 Å². The van der Waals surface area contributed by atoms with Gasteiger partial charge in [0.05, 0.1) is 12.1 Å². The molecule has 0 heterocycles. The van der Waals surface area contributed by atoms with Crippen molar-refractivity contribution in [1.29, 1.82) is 0 Å². The van der Waals surface area contributed by atoms with E-state index < -0.39 is 36.2 Å². The molecule has 1 aromatic carbocycles. The summed E-state index contributed by atoms with van der Waals surface area (Å²) in [5.74, 6) is -3.35. The normalized spacial score (nSPS) is 11.5. The van der Waals surface area contributed by atoms with Crippen molar-refractivity contribution in [3.63, 3.8) is 0 Å². The number of benzene rings is 1. The summed E-state index contributed by atoms with van der Waals surface area (Å²) in [6.07, 6.45) is -0.757. The van der Waals surface area contributed by atoms with Gasteiger partial charge in [0.25, 0.3) is 0 Å². The standard InChI is InChI=1S/C11H10BrFN2O5/c12-6-3-5(13)1-2-7(6)14-11(20)15-8(10(18)19)4-9(16)17/h1-3,8H,4H2,(H,16,17)(H,18,19)(H2,14,15,20)/t8-/m0/s1. The van der Waals surface area contributed by atoms with E-state index in [2.05, 4.69) is 21.2 Å². The van der Waals surface area contributed by atoms with Gasteiger partial charge in [-0.1, -0.05) is 0 Å². The molecular formula is C11H10BrFN2O5. The second-order valence-electron chi connectivity index (χ2n) is 3.71. The number of carbonyl (C=O) groups is 3. The molecule has 0 aliphatic carbocycles. The minimum atomic E-state index is -1.56. The van der Waals surface area contributed by atoms with Gasteiger partial charge < -0.3 is 20.8 Å². The van der Waals surface area contributed by atoms with E-state index in [0.717, 1.165) is 12.1 Å². The second kappa shape index (κ2) is 6.85. The Kier molecular flexibility index (Phi) is 5.44. The maximum atomic E-state index is 12.8. The fraction of sp³-hybridized carbons (Fsp3) is 0.182. The average molecular weight is 349 g/mol. The highest BCUT2D eigenvalue weighted by Crippen LogP contribution is 2.22. The van der Waals surface area contributed by atoms with E-state index in [1.165, 1.54) is 6.07 Å². The number of carbonyl (C=O) groups excluding carboxylic acids is 1. The summed E-state index contributed by atoms with van der Waals surface area (Å²) >= 11 is 3.02. The summed E-state index contributed by atoms with van der Waals surface area (Å²) in [7, 11) is 0. The van der Waals surface area contributed by atoms with Crippen LogP contribution in [0, 0.1) is 5.82 Å². The van der Waals surface area contributed by atoms with E-state index in [9.17, 15) is 18.8 Å². The Labute approximate surface area is 120 Å². The van der Waals surface area contributed by atoms with E-state index in [4.69, 9.17) is 10.2 Å². The largest absolute Gasteiger partial charge is 0.481 e. The van der Waals surface area contributed by atoms with Crippen molar-refractivity contribution >= 4 is 39.6 Å². The molecule has 0 saturated carbocycles. The van der Waals surface area contributed by atoms with Crippen LogP contribution in [-0.4, -0.2) is 34.2 Å². The van der Waals surface area contributed by atoms with Crippen molar-refractivity contribution in [2.45, 2.75) is 12.5 Å². The molecule has 0 spiro atoms. The molecule has 0 fully saturated rings. The molecule has 0 saturated heterocycles. The zero-order valence-corrected chi connectivity index (χ0v) is 11.5. The lowest BCUT2D eigenvalue weighted by molar-refractivity contribution is -0.145. The summed E-state index contributed by atoms with van der Waals surface area (Å²) in [4.78, 5) is 32.8. The first kappa shape index (κ1) is 15.9. The fourth-order valence-electron chi connectivity index (χ4n) is 1.28. The van der Waals surface area contributed by atoms with Crippen LogP contribution in [0.2, 0.25) is 0 Å². The first-order valence-corrected chi connectivity index (χ1v) is 6.06. The average Bonchev–Trinajstić information content (AvgIpc) is 2.31. The van der Waals surface area contributed by atoms with Crippen molar-refractivity contribution in [2.24, 2.45) is 0 Å². The van der Waals surface area contributed by atoms with Crippen LogP contribution >= 0.6 is 15.9 Å². The third-order valence-corrected chi connectivity index (χ3v) is 2.82. The van der Waals surface area contributed by atoms with Gasteiger partial charge in [-0.2, -0.15) is 0 Å². The highest BCUT2D eigenvalue weighted by molar-refractivity contribution is 9.10. The Morgan fingerprint density at radius 3 is 2.45 bits per heavy atom. The lowest BCUT2D eigenvalue weighted by Crippen LogP contribution is -2.44. The number of carboxylic acids is 2. The van der Waals surface area contributed by atoms with Gasteiger partial charge in [-0.15, -0.1) is 0 Å². The van der Waals surface area contributed by atoms with Gasteiger partial charge in [-0.3, -0.25) is 4.79 Å². The highest BCUT2D eigenvalue weighted by atomic mass is 79.9. The van der Waals surface area contributed by atoms with E-state index in [1.54, 1.807) is 0 Å². The third-order valence-electron chi connectivity index (χ3n) is 2.16. The zero-order valence-electron chi connectivity index (χ0n) is 9.89. The van der Waals surface area contributed by atoms with Gasteiger partial charge in [-0.05, 0) is 34.1 Å². The molecule has 1 rings (SSSR count). The number of amides is 2. The minimum Gasteiger partial charge on any atom is -0.481 e. The van der Waals surface area contributed by atoms with E-state index >= 15 is 0 Å². The second-order valence-corrected chi connectivity index (χ2v) is 4.57. The van der Waals surface area contributed by atoms with Gasteiger partial charge in [0.2, 0.25) is 0 Å². The number of hydrogen-bond donors (Lipinski definition) is 4. The van der Waals surface area contributed by atoms with Gasteiger partial charge in [0.1, 0.15) is 11.9 Å². The zero-order chi connectivity index (χ0) is 15.3. The Hall–Kier alpha value is -2.16. The molecule has 20 heavy (non-hydrogen) atoms. The maximum Gasteiger partial charge on any atom is 0.326 e. The minimum absolute atomic E-state index is 0.211. The first-order chi connectivity index (χ1) is 9.29. The highest BCUT2D eigenvalue weighted by Gasteiger charge is 2.23. The topological polar surface area (TPSA) is 116 Å². The van der Waals surface area contributed by atoms with E-state index in [-0.39, 0.29) is 10.2 Å². The molecule has 9 heteroatoms. The summed E-state index contributed by atoms with van der Waals surface area (Å²) in [5.41, 5.74) is 0.211. The van der Waals surface area contributed by atoms with Crippen molar-refractivity contribution < 1.29 is 29.0 Å². The van der Waals surface area contributed by atoms with Crippen LogP contribution in [0.1, 0.15) is 6.42 Å². The van der Waals surface area contributed by atoms with Crippen LogP contribution in [0.4, 0.5) is 14.9 Å². The smallest absolute Gasteiger partial charge is 0.326 e. The lowest BCUT2D eigenvalue weighted by Gasteiger charge is -2.14. The number of halogens is 2.